The average molecular weight is 487 g/mol. The molecule has 1 aliphatic rings. The molecule has 0 radical (unpaired) electrons. The lowest BCUT2D eigenvalue weighted by atomic mass is 10.2. The van der Waals surface area contributed by atoms with E-state index in [1.54, 1.807) is 37.3 Å². The number of sulfonamides is 1. The molecule has 0 fully saturated rings. The number of rotatable bonds is 7. The van der Waals surface area contributed by atoms with Gasteiger partial charge in [0.1, 0.15) is 16.4 Å². The maximum Gasteiger partial charge on any atom is 0.268 e. The standard InChI is InChI=1S/C24H23ClN2O5S/c1-2-31-21-13-12-18(25)14-23(21)33(29,30)27-16-22(32-20-11-7-6-10-19(20)27)24(28)26-15-17-8-4-3-5-9-17/h3-14,22H,2,15-16H2,1H3,(H,26,28)/t22-/m0/s1. The van der Waals surface area contributed by atoms with Gasteiger partial charge in [-0.3, -0.25) is 9.10 Å². The Hall–Kier alpha value is -3.23. The number of benzene rings is 3. The monoisotopic (exact) mass is 486 g/mol. The fourth-order valence-electron chi connectivity index (χ4n) is 3.54. The van der Waals surface area contributed by atoms with Crippen LogP contribution in [-0.2, 0) is 21.4 Å². The van der Waals surface area contributed by atoms with Crippen LogP contribution >= 0.6 is 11.6 Å². The zero-order valence-corrected chi connectivity index (χ0v) is 19.5. The van der Waals surface area contributed by atoms with Crippen molar-refractivity contribution in [3.8, 4) is 11.5 Å². The van der Waals surface area contributed by atoms with E-state index in [4.69, 9.17) is 21.1 Å². The molecule has 1 aliphatic heterocycles. The highest BCUT2D eigenvalue weighted by Gasteiger charge is 2.38. The van der Waals surface area contributed by atoms with E-state index >= 15 is 0 Å². The number of hydrogen-bond donors (Lipinski definition) is 1. The van der Waals surface area contributed by atoms with Gasteiger partial charge in [-0.1, -0.05) is 54.1 Å². The number of carbonyl (C=O) groups excluding carboxylic acids is 1. The minimum atomic E-state index is -4.12. The Labute approximate surface area is 197 Å². The summed E-state index contributed by atoms with van der Waals surface area (Å²) in [6.45, 7) is 2.16. The number of nitrogens with one attached hydrogen (secondary N) is 1. The first kappa shape index (κ1) is 22.9. The number of para-hydroxylation sites is 2. The maximum atomic E-state index is 13.7. The van der Waals surface area contributed by atoms with E-state index in [1.165, 1.54) is 16.4 Å². The van der Waals surface area contributed by atoms with Crippen molar-refractivity contribution in [2.45, 2.75) is 24.5 Å². The second kappa shape index (κ2) is 9.72. The van der Waals surface area contributed by atoms with Crippen molar-refractivity contribution in [3.05, 3.63) is 83.4 Å². The summed E-state index contributed by atoms with van der Waals surface area (Å²) in [5, 5.41) is 3.08. The number of carbonyl (C=O) groups is 1. The number of amides is 1. The van der Waals surface area contributed by atoms with Crippen molar-refractivity contribution in [3.63, 3.8) is 0 Å². The third kappa shape index (κ3) is 4.91. The molecular formula is C24H23ClN2O5S. The summed E-state index contributed by atoms with van der Waals surface area (Å²) in [5.74, 6) is 0.0767. The number of ether oxygens (including phenoxy) is 2. The molecular weight excluding hydrogens is 464 g/mol. The molecule has 9 heteroatoms. The minimum Gasteiger partial charge on any atom is -0.492 e. The van der Waals surface area contributed by atoms with Crippen LogP contribution in [0.3, 0.4) is 0 Å². The van der Waals surface area contributed by atoms with E-state index < -0.39 is 22.0 Å². The Kier molecular flexibility index (Phi) is 6.76. The van der Waals surface area contributed by atoms with Gasteiger partial charge in [-0.05, 0) is 42.8 Å². The quantitative estimate of drug-likeness (QED) is 0.545. The molecule has 0 unspecified atom stereocenters. The van der Waals surface area contributed by atoms with E-state index in [0.717, 1.165) is 5.56 Å². The Morgan fingerprint density at radius 3 is 2.61 bits per heavy atom. The first-order valence-electron chi connectivity index (χ1n) is 10.4. The minimum absolute atomic E-state index is 0.0722. The number of fused-ring (bicyclic) bond motifs is 1. The van der Waals surface area contributed by atoms with Gasteiger partial charge in [0, 0.05) is 11.6 Å². The molecule has 0 spiro atoms. The van der Waals surface area contributed by atoms with Crippen LogP contribution in [0.15, 0.2) is 77.7 Å². The van der Waals surface area contributed by atoms with Gasteiger partial charge >= 0.3 is 0 Å². The van der Waals surface area contributed by atoms with Crippen LogP contribution in [0.4, 0.5) is 5.69 Å². The molecule has 1 heterocycles. The Balaban J connectivity index is 1.66. The highest BCUT2D eigenvalue weighted by molar-refractivity contribution is 7.93. The lowest BCUT2D eigenvalue weighted by molar-refractivity contribution is -0.127. The Morgan fingerprint density at radius 1 is 1.12 bits per heavy atom. The lowest BCUT2D eigenvalue weighted by Gasteiger charge is -2.35. The number of hydrogen-bond acceptors (Lipinski definition) is 5. The average Bonchev–Trinajstić information content (AvgIpc) is 2.83. The van der Waals surface area contributed by atoms with E-state index in [1.807, 2.05) is 30.3 Å². The second-order valence-electron chi connectivity index (χ2n) is 7.34. The molecule has 0 aromatic heterocycles. The van der Waals surface area contributed by atoms with E-state index in [9.17, 15) is 13.2 Å². The Morgan fingerprint density at radius 2 is 1.85 bits per heavy atom. The van der Waals surface area contributed by atoms with Crippen LogP contribution in [-0.4, -0.2) is 33.6 Å². The van der Waals surface area contributed by atoms with Crippen LogP contribution in [0.2, 0.25) is 5.02 Å². The van der Waals surface area contributed by atoms with Crippen molar-refractivity contribution in [1.29, 1.82) is 0 Å². The summed E-state index contributed by atoms with van der Waals surface area (Å²) in [6.07, 6.45) is -1.03. The van der Waals surface area contributed by atoms with E-state index in [-0.39, 0.29) is 28.8 Å². The lowest BCUT2D eigenvalue weighted by Crippen LogP contribution is -2.50. The van der Waals surface area contributed by atoms with Gasteiger partial charge in [0.2, 0.25) is 0 Å². The van der Waals surface area contributed by atoms with Gasteiger partial charge in [0.15, 0.2) is 6.10 Å². The molecule has 172 valence electrons. The molecule has 7 nitrogen and oxygen atoms in total. The van der Waals surface area contributed by atoms with Crippen LogP contribution in [0.25, 0.3) is 0 Å². The molecule has 1 N–H and O–H groups in total. The van der Waals surface area contributed by atoms with Crippen molar-refractivity contribution in [2.24, 2.45) is 0 Å². The van der Waals surface area contributed by atoms with Crippen LogP contribution in [0.5, 0.6) is 11.5 Å². The fraction of sp³-hybridized carbons (Fsp3) is 0.208. The van der Waals surface area contributed by atoms with E-state index in [2.05, 4.69) is 5.32 Å². The molecule has 1 atom stereocenters. The molecule has 3 aromatic rings. The van der Waals surface area contributed by atoms with Crippen molar-refractivity contribution >= 4 is 33.2 Å². The highest BCUT2D eigenvalue weighted by Crippen LogP contribution is 2.39. The normalized spacial score (nSPS) is 15.3. The molecule has 1 amide bonds. The first-order chi connectivity index (χ1) is 15.9. The summed E-state index contributed by atoms with van der Waals surface area (Å²) in [5.41, 5.74) is 1.26. The molecule has 3 aromatic carbocycles. The maximum absolute atomic E-state index is 13.7. The van der Waals surface area contributed by atoms with Gasteiger partial charge in [-0.2, -0.15) is 0 Å². The summed E-state index contributed by atoms with van der Waals surface area (Å²) < 4.78 is 40.1. The fourth-order valence-corrected chi connectivity index (χ4v) is 5.41. The van der Waals surface area contributed by atoms with Gasteiger partial charge in [0.25, 0.3) is 15.9 Å². The molecule has 0 saturated heterocycles. The summed E-state index contributed by atoms with van der Waals surface area (Å²) >= 11 is 6.11. The van der Waals surface area contributed by atoms with Crippen molar-refractivity contribution < 1.29 is 22.7 Å². The van der Waals surface area contributed by atoms with E-state index in [0.29, 0.717) is 18.0 Å². The summed E-state index contributed by atoms with van der Waals surface area (Å²) in [7, 11) is -4.12. The smallest absolute Gasteiger partial charge is 0.268 e. The number of anilines is 1. The van der Waals surface area contributed by atoms with Crippen LogP contribution in [0, 0.1) is 0 Å². The SMILES string of the molecule is CCOc1ccc(Cl)cc1S(=O)(=O)N1C[C@@H](C(=O)NCc2ccccc2)Oc2ccccc21. The summed E-state index contributed by atoms with van der Waals surface area (Å²) in [6, 6.07) is 20.6. The zero-order chi connectivity index (χ0) is 23.4. The largest absolute Gasteiger partial charge is 0.492 e. The van der Waals surface area contributed by atoms with Gasteiger partial charge in [0.05, 0.1) is 18.8 Å². The molecule has 0 bridgehead atoms. The second-order valence-corrected chi connectivity index (χ2v) is 9.60. The third-order valence-corrected chi connectivity index (χ3v) is 7.15. The highest BCUT2D eigenvalue weighted by atomic mass is 35.5. The number of halogens is 1. The summed E-state index contributed by atoms with van der Waals surface area (Å²) in [4.78, 5) is 12.8. The van der Waals surface area contributed by atoms with Gasteiger partial charge < -0.3 is 14.8 Å². The molecule has 4 rings (SSSR count). The van der Waals surface area contributed by atoms with Crippen molar-refractivity contribution in [1.82, 2.24) is 5.32 Å². The van der Waals surface area contributed by atoms with Crippen LogP contribution < -0.4 is 19.1 Å². The molecule has 33 heavy (non-hydrogen) atoms. The molecule has 0 saturated carbocycles. The van der Waals surface area contributed by atoms with Crippen LogP contribution in [0.1, 0.15) is 12.5 Å². The molecule has 0 aliphatic carbocycles. The van der Waals surface area contributed by atoms with Gasteiger partial charge in [-0.25, -0.2) is 8.42 Å². The predicted molar refractivity (Wildman–Crippen MR) is 126 cm³/mol. The Bertz CT molecular complexity index is 1250. The van der Waals surface area contributed by atoms with Gasteiger partial charge in [-0.15, -0.1) is 0 Å². The zero-order valence-electron chi connectivity index (χ0n) is 17.9. The first-order valence-corrected chi connectivity index (χ1v) is 12.2. The third-order valence-electron chi connectivity index (χ3n) is 5.11. The van der Waals surface area contributed by atoms with Crippen molar-refractivity contribution in [2.75, 3.05) is 17.5 Å². The number of nitrogens with zero attached hydrogens (tertiary/aromatic N) is 1. The predicted octanol–water partition coefficient (Wildman–Crippen LogP) is 4.01. The topological polar surface area (TPSA) is 84.9 Å².